The molecule has 1 N–H and O–H groups in total. The maximum absolute atomic E-state index is 12.5. The first kappa shape index (κ1) is 18.2. The third-order valence-corrected chi connectivity index (χ3v) is 5.11. The lowest BCUT2D eigenvalue weighted by Crippen LogP contribution is -2.54. The van der Waals surface area contributed by atoms with Gasteiger partial charge in [-0.15, -0.1) is 0 Å². The Balaban J connectivity index is 1.50. The first-order valence-electron chi connectivity index (χ1n) is 9.14. The van der Waals surface area contributed by atoms with E-state index in [0.29, 0.717) is 31.7 Å². The molecule has 2 aliphatic rings. The summed E-state index contributed by atoms with van der Waals surface area (Å²) in [5.41, 5.74) is 0.390. The molecule has 1 saturated heterocycles. The molecule has 8 heteroatoms. The predicted molar refractivity (Wildman–Crippen MR) is 96.0 cm³/mol. The van der Waals surface area contributed by atoms with Crippen LogP contribution in [0.25, 0.3) is 0 Å². The number of piperazine rings is 1. The number of carbonyl (C=O) groups is 2. The van der Waals surface area contributed by atoms with Crippen molar-refractivity contribution in [3.63, 3.8) is 0 Å². The van der Waals surface area contributed by atoms with Gasteiger partial charge in [-0.2, -0.15) is 0 Å². The van der Waals surface area contributed by atoms with Crippen molar-refractivity contribution in [1.82, 2.24) is 15.1 Å². The summed E-state index contributed by atoms with van der Waals surface area (Å²) in [5, 5.41) is 13.8. The average Bonchev–Trinajstić information content (AvgIpc) is 2.68. The van der Waals surface area contributed by atoms with Crippen LogP contribution in [0.5, 0.6) is 0 Å². The summed E-state index contributed by atoms with van der Waals surface area (Å²) in [5.74, 6) is -0.160. The summed E-state index contributed by atoms with van der Waals surface area (Å²) < 4.78 is 0. The van der Waals surface area contributed by atoms with Crippen LogP contribution in [-0.2, 0) is 0 Å². The second kappa shape index (κ2) is 8.16. The van der Waals surface area contributed by atoms with E-state index in [9.17, 15) is 19.7 Å². The van der Waals surface area contributed by atoms with Gasteiger partial charge in [0.2, 0.25) is 0 Å². The Morgan fingerprint density at radius 2 is 1.54 bits per heavy atom. The first-order valence-corrected chi connectivity index (χ1v) is 9.14. The minimum absolute atomic E-state index is 0.0363. The lowest BCUT2D eigenvalue weighted by molar-refractivity contribution is -0.384. The zero-order valence-corrected chi connectivity index (χ0v) is 14.7. The molecule has 26 heavy (non-hydrogen) atoms. The third kappa shape index (κ3) is 4.30. The number of non-ortho nitro benzene ring substituents is 1. The number of nitrogens with one attached hydrogen (secondary N) is 1. The van der Waals surface area contributed by atoms with Crippen molar-refractivity contribution in [2.24, 2.45) is 0 Å². The van der Waals surface area contributed by atoms with Crippen LogP contribution in [0.4, 0.5) is 10.5 Å². The summed E-state index contributed by atoms with van der Waals surface area (Å²) >= 11 is 0. The van der Waals surface area contributed by atoms with Crippen molar-refractivity contribution in [2.45, 2.75) is 38.1 Å². The van der Waals surface area contributed by atoms with Crippen LogP contribution < -0.4 is 5.32 Å². The van der Waals surface area contributed by atoms with E-state index in [1.807, 2.05) is 0 Å². The topological polar surface area (TPSA) is 95.8 Å². The molecular weight excluding hydrogens is 336 g/mol. The van der Waals surface area contributed by atoms with Crippen LogP contribution in [0, 0.1) is 10.1 Å². The zero-order valence-electron chi connectivity index (χ0n) is 14.7. The molecule has 0 aromatic heterocycles. The summed E-state index contributed by atoms with van der Waals surface area (Å²) in [6.45, 7) is 1.93. The highest BCUT2D eigenvalue weighted by Gasteiger charge is 2.26. The molecule has 2 fully saturated rings. The lowest BCUT2D eigenvalue weighted by Gasteiger charge is -2.36. The van der Waals surface area contributed by atoms with Gasteiger partial charge < -0.3 is 15.1 Å². The van der Waals surface area contributed by atoms with Gasteiger partial charge in [0.15, 0.2) is 0 Å². The monoisotopic (exact) mass is 360 g/mol. The Hall–Kier alpha value is -2.64. The molecule has 1 aromatic carbocycles. The van der Waals surface area contributed by atoms with Crippen molar-refractivity contribution in [1.29, 1.82) is 0 Å². The zero-order chi connectivity index (χ0) is 18.5. The third-order valence-electron chi connectivity index (χ3n) is 5.11. The van der Waals surface area contributed by atoms with Crippen LogP contribution in [0.2, 0.25) is 0 Å². The van der Waals surface area contributed by atoms with Crippen LogP contribution in [0.15, 0.2) is 24.3 Å². The maximum Gasteiger partial charge on any atom is 0.317 e. The molecule has 3 rings (SSSR count). The van der Waals surface area contributed by atoms with E-state index in [1.165, 1.54) is 43.5 Å². The molecule has 140 valence electrons. The van der Waals surface area contributed by atoms with E-state index >= 15 is 0 Å². The van der Waals surface area contributed by atoms with Crippen LogP contribution in [0.3, 0.4) is 0 Å². The Kier molecular flexibility index (Phi) is 5.70. The van der Waals surface area contributed by atoms with Gasteiger partial charge in [0.25, 0.3) is 11.6 Å². The van der Waals surface area contributed by atoms with E-state index in [4.69, 9.17) is 0 Å². The van der Waals surface area contributed by atoms with Crippen LogP contribution >= 0.6 is 0 Å². The fourth-order valence-electron chi connectivity index (χ4n) is 3.53. The van der Waals surface area contributed by atoms with Gasteiger partial charge in [-0.3, -0.25) is 14.9 Å². The number of urea groups is 1. The number of rotatable bonds is 3. The molecule has 0 atom stereocenters. The molecule has 3 amide bonds. The van der Waals surface area contributed by atoms with Crippen LogP contribution in [-0.4, -0.2) is 58.9 Å². The second-order valence-electron chi connectivity index (χ2n) is 6.87. The summed E-state index contributed by atoms with van der Waals surface area (Å²) in [7, 11) is 0. The highest BCUT2D eigenvalue weighted by Crippen LogP contribution is 2.18. The fourth-order valence-corrected chi connectivity index (χ4v) is 3.53. The van der Waals surface area contributed by atoms with Crippen molar-refractivity contribution in [3.8, 4) is 0 Å². The van der Waals surface area contributed by atoms with Gasteiger partial charge in [0, 0.05) is 49.9 Å². The number of hydrogen-bond acceptors (Lipinski definition) is 4. The maximum atomic E-state index is 12.5. The van der Waals surface area contributed by atoms with Crippen molar-refractivity contribution in [2.75, 3.05) is 26.2 Å². The minimum atomic E-state index is -0.488. The van der Waals surface area contributed by atoms with Crippen molar-refractivity contribution < 1.29 is 14.5 Å². The highest BCUT2D eigenvalue weighted by molar-refractivity contribution is 5.94. The van der Waals surface area contributed by atoms with Gasteiger partial charge in [-0.05, 0) is 25.0 Å². The standard InChI is InChI=1S/C18H24N4O4/c23-17(14-6-8-16(9-7-14)22(25)26)20-10-12-21(13-11-20)18(24)19-15-4-2-1-3-5-15/h6-9,15H,1-5,10-13H2,(H,19,24). The quantitative estimate of drug-likeness (QED) is 0.661. The molecule has 1 saturated carbocycles. The average molecular weight is 360 g/mol. The molecule has 1 aromatic rings. The van der Waals surface area contributed by atoms with Gasteiger partial charge in [-0.1, -0.05) is 19.3 Å². The fraction of sp³-hybridized carbons (Fsp3) is 0.556. The van der Waals surface area contributed by atoms with E-state index < -0.39 is 4.92 Å². The molecule has 1 heterocycles. The molecular formula is C18H24N4O4. The van der Waals surface area contributed by atoms with E-state index in [-0.39, 0.29) is 23.7 Å². The minimum Gasteiger partial charge on any atom is -0.335 e. The van der Waals surface area contributed by atoms with Crippen LogP contribution in [0.1, 0.15) is 42.5 Å². The SMILES string of the molecule is O=C(NC1CCCCC1)N1CCN(C(=O)c2ccc([N+](=O)[O-])cc2)CC1. The van der Waals surface area contributed by atoms with Gasteiger partial charge in [0.1, 0.15) is 0 Å². The first-order chi connectivity index (χ1) is 12.5. The van der Waals surface area contributed by atoms with E-state index in [2.05, 4.69) is 5.32 Å². The smallest absolute Gasteiger partial charge is 0.317 e. The highest BCUT2D eigenvalue weighted by atomic mass is 16.6. The Morgan fingerprint density at radius 1 is 0.962 bits per heavy atom. The Bertz CT molecular complexity index is 662. The number of nitrogens with zero attached hydrogens (tertiary/aromatic N) is 3. The summed E-state index contributed by atoms with van der Waals surface area (Å²) in [6.07, 6.45) is 5.68. The van der Waals surface area contributed by atoms with Crippen molar-refractivity contribution >= 4 is 17.6 Å². The van der Waals surface area contributed by atoms with Gasteiger partial charge in [0.05, 0.1) is 4.92 Å². The number of carbonyl (C=O) groups excluding carboxylic acids is 2. The number of amides is 3. The number of hydrogen-bond donors (Lipinski definition) is 1. The van der Waals surface area contributed by atoms with Gasteiger partial charge >= 0.3 is 6.03 Å². The molecule has 1 aliphatic heterocycles. The summed E-state index contributed by atoms with van der Waals surface area (Å²) in [4.78, 5) is 38.5. The predicted octanol–water partition coefficient (Wildman–Crippen LogP) is 2.39. The largest absolute Gasteiger partial charge is 0.335 e. The van der Waals surface area contributed by atoms with Gasteiger partial charge in [-0.25, -0.2) is 4.79 Å². The number of nitro benzene ring substituents is 1. The molecule has 0 unspecified atom stereocenters. The molecule has 0 bridgehead atoms. The van der Waals surface area contributed by atoms with E-state index in [1.54, 1.807) is 9.80 Å². The second-order valence-corrected chi connectivity index (χ2v) is 6.87. The van der Waals surface area contributed by atoms with Crippen molar-refractivity contribution in [3.05, 3.63) is 39.9 Å². The molecule has 1 aliphatic carbocycles. The Morgan fingerprint density at radius 3 is 2.12 bits per heavy atom. The number of nitro groups is 1. The lowest BCUT2D eigenvalue weighted by atomic mass is 9.96. The summed E-state index contributed by atoms with van der Waals surface area (Å²) in [6, 6.07) is 5.85. The molecule has 0 radical (unpaired) electrons. The molecule has 8 nitrogen and oxygen atoms in total. The molecule has 0 spiro atoms. The van der Waals surface area contributed by atoms with E-state index in [0.717, 1.165) is 12.8 Å². The Labute approximate surface area is 152 Å². The number of benzene rings is 1. The normalized spacial score (nSPS) is 18.5.